The number of carbonyl (C=O) groups excluding carboxylic acids is 1. The zero-order valence-electron chi connectivity index (χ0n) is 16.8. The molecule has 2 aromatic rings. The first-order valence-electron chi connectivity index (χ1n) is 10.5. The molecule has 0 unspecified atom stereocenters. The van der Waals surface area contributed by atoms with Gasteiger partial charge in [-0.05, 0) is 44.4 Å². The summed E-state index contributed by atoms with van der Waals surface area (Å²) >= 11 is 0. The van der Waals surface area contributed by atoms with Crippen LogP contribution in [0.15, 0.2) is 42.5 Å². The van der Waals surface area contributed by atoms with Gasteiger partial charge in [0.25, 0.3) is 0 Å². The number of fused-ring (bicyclic) bond motifs is 1. The maximum absolute atomic E-state index is 12.1. The fraction of sp³-hybridized carbons (Fsp3) is 0.458. The predicted molar refractivity (Wildman–Crippen MR) is 114 cm³/mol. The van der Waals surface area contributed by atoms with Crippen molar-refractivity contribution < 1.29 is 9.53 Å². The summed E-state index contributed by atoms with van der Waals surface area (Å²) in [6.07, 6.45) is 3.59. The number of piperazine rings is 1. The van der Waals surface area contributed by atoms with Crippen LogP contribution in [0.5, 0.6) is 5.75 Å². The second-order valence-corrected chi connectivity index (χ2v) is 7.93. The van der Waals surface area contributed by atoms with Crippen LogP contribution in [0.25, 0.3) is 0 Å². The Kier molecular flexibility index (Phi) is 5.96. The van der Waals surface area contributed by atoms with Crippen molar-refractivity contribution in [3.8, 4) is 5.75 Å². The van der Waals surface area contributed by atoms with Crippen LogP contribution in [-0.2, 0) is 6.42 Å². The van der Waals surface area contributed by atoms with Crippen molar-refractivity contribution in [2.75, 3.05) is 44.2 Å². The van der Waals surface area contributed by atoms with Crippen molar-refractivity contribution in [3.05, 3.63) is 59.2 Å². The number of hydrogen-bond donors (Lipinski definition) is 0. The molecule has 0 amide bonds. The molecule has 1 fully saturated rings. The first-order chi connectivity index (χ1) is 13.7. The van der Waals surface area contributed by atoms with Gasteiger partial charge in [-0.3, -0.25) is 9.69 Å². The molecule has 4 rings (SSSR count). The van der Waals surface area contributed by atoms with Crippen molar-refractivity contribution in [1.29, 1.82) is 0 Å². The van der Waals surface area contributed by atoms with Gasteiger partial charge >= 0.3 is 0 Å². The molecule has 1 saturated heterocycles. The van der Waals surface area contributed by atoms with Crippen LogP contribution in [0.4, 0.5) is 5.69 Å². The molecule has 4 nitrogen and oxygen atoms in total. The monoisotopic (exact) mass is 378 g/mol. The Morgan fingerprint density at radius 2 is 1.75 bits per heavy atom. The lowest BCUT2D eigenvalue weighted by Gasteiger charge is -2.36. The highest BCUT2D eigenvalue weighted by molar-refractivity contribution is 5.99. The smallest absolute Gasteiger partial charge is 0.163 e. The molecule has 1 aliphatic heterocycles. The van der Waals surface area contributed by atoms with Crippen LogP contribution in [0, 0.1) is 6.92 Å². The van der Waals surface area contributed by atoms with Crippen LogP contribution in [-0.4, -0.2) is 50.0 Å². The Labute approximate surface area is 168 Å². The number of nitrogens with zero attached hydrogens (tertiary/aromatic N) is 2. The highest BCUT2D eigenvalue weighted by Gasteiger charge is 2.20. The number of anilines is 1. The molecule has 1 heterocycles. The Morgan fingerprint density at radius 1 is 0.964 bits per heavy atom. The Bertz CT molecular complexity index is 808. The van der Waals surface area contributed by atoms with E-state index >= 15 is 0 Å². The molecule has 2 aromatic carbocycles. The third-order valence-electron chi connectivity index (χ3n) is 5.91. The Balaban J connectivity index is 1.21. The van der Waals surface area contributed by atoms with Gasteiger partial charge in [-0.25, -0.2) is 0 Å². The normalized spacial score (nSPS) is 17.5. The summed E-state index contributed by atoms with van der Waals surface area (Å²) in [7, 11) is 0. The van der Waals surface area contributed by atoms with Gasteiger partial charge in [-0.1, -0.05) is 29.8 Å². The minimum absolute atomic E-state index is 0.262. The molecule has 0 saturated carbocycles. The topological polar surface area (TPSA) is 32.8 Å². The van der Waals surface area contributed by atoms with E-state index in [2.05, 4.69) is 41.0 Å². The average Bonchev–Trinajstić information content (AvgIpc) is 2.73. The SMILES string of the molecule is Cc1ccc(N2CCN(CCCOc3cccc4c3CCCC4=O)CC2)cc1. The first-order valence-corrected chi connectivity index (χ1v) is 10.5. The maximum Gasteiger partial charge on any atom is 0.163 e. The molecule has 0 spiro atoms. The van der Waals surface area contributed by atoms with Crippen LogP contribution < -0.4 is 9.64 Å². The standard InChI is InChI=1S/C24H30N2O2/c1-19-9-11-20(12-10-19)26-16-14-25(15-17-26)13-4-18-28-24-8-3-5-21-22(24)6-2-7-23(21)27/h3,5,8-12H,2,4,6-7,13-18H2,1H3. The second-order valence-electron chi connectivity index (χ2n) is 7.93. The largest absolute Gasteiger partial charge is 0.493 e. The quantitative estimate of drug-likeness (QED) is 0.709. The van der Waals surface area contributed by atoms with E-state index in [1.165, 1.54) is 11.3 Å². The van der Waals surface area contributed by atoms with Crippen LogP contribution in [0.2, 0.25) is 0 Å². The second kappa shape index (κ2) is 8.78. The molecular formula is C24H30N2O2. The summed E-state index contributed by atoms with van der Waals surface area (Å²) in [4.78, 5) is 17.1. The molecule has 0 radical (unpaired) electrons. The van der Waals surface area contributed by atoms with E-state index < -0.39 is 0 Å². The van der Waals surface area contributed by atoms with Crippen molar-refractivity contribution in [2.24, 2.45) is 0 Å². The van der Waals surface area contributed by atoms with E-state index in [9.17, 15) is 4.79 Å². The third kappa shape index (κ3) is 4.39. The lowest BCUT2D eigenvalue weighted by Crippen LogP contribution is -2.46. The van der Waals surface area contributed by atoms with Gasteiger partial charge in [0, 0.05) is 56.0 Å². The number of ketones is 1. The fourth-order valence-electron chi connectivity index (χ4n) is 4.24. The molecule has 0 bridgehead atoms. The summed E-state index contributed by atoms with van der Waals surface area (Å²) < 4.78 is 6.06. The minimum atomic E-state index is 0.262. The van der Waals surface area contributed by atoms with Gasteiger partial charge in [0.2, 0.25) is 0 Å². The van der Waals surface area contributed by atoms with E-state index in [-0.39, 0.29) is 5.78 Å². The van der Waals surface area contributed by atoms with Crippen molar-refractivity contribution in [3.63, 3.8) is 0 Å². The zero-order chi connectivity index (χ0) is 19.3. The molecule has 4 heteroatoms. The van der Waals surface area contributed by atoms with Gasteiger partial charge in [0.1, 0.15) is 5.75 Å². The number of benzene rings is 2. The lowest BCUT2D eigenvalue weighted by atomic mass is 9.90. The van der Waals surface area contributed by atoms with Gasteiger partial charge < -0.3 is 9.64 Å². The van der Waals surface area contributed by atoms with Gasteiger partial charge in [-0.2, -0.15) is 0 Å². The Morgan fingerprint density at radius 3 is 2.54 bits per heavy atom. The number of Topliss-reactive ketones (excluding diaryl/α,β-unsaturated/α-hetero) is 1. The zero-order valence-corrected chi connectivity index (χ0v) is 16.8. The van der Waals surface area contributed by atoms with Gasteiger partial charge in [0.15, 0.2) is 5.78 Å². The number of rotatable bonds is 6. The van der Waals surface area contributed by atoms with Gasteiger partial charge in [0.05, 0.1) is 6.61 Å². The average molecular weight is 379 g/mol. The van der Waals surface area contributed by atoms with Crippen LogP contribution in [0.1, 0.15) is 40.7 Å². The van der Waals surface area contributed by atoms with E-state index in [0.29, 0.717) is 13.0 Å². The Hall–Kier alpha value is -2.33. The molecule has 28 heavy (non-hydrogen) atoms. The number of ether oxygens (including phenoxy) is 1. The highest BCUT2D eigenvalue weighted by atomic mass is 16.5. The molecule has 0 N–H and O–H groups in total. The molecule has 148 valence electrons. The molecule has 0 atom stereocenters. The van der Waals surface area contributed by atoms with Crippen molar-refractivity contribution in [1.82, 2.24) is 4.90 Å². The predicted octanol–water partition coefficient (Wildman–Crippen LogP) is 4.11. The van der Waals surface area contributed by atoms with E-state index in [1.807, 2.05) is 18.2 Å². The van der Waals surface area contributed by atoms with Crippen LogP contribution >= 0.6 is 0 Å². The van der Waals surface area contributed by atoms with Crippen LogP contribution in [0.3, 0.4) is 0 Å². The first kappa shape index (κ1) is 19.0. The summed E-state index contributed by atoms with van der Waals surface area (Å²) in [5, 5.41) is 0. The lowest BCUT2D eigenvalue weighted by molar-refractivity contribution is 0.0971. The summed E-state index contributed by atoms with van der Waals surface area (Å²) in [5.41, 5.74) is 4.63. The maximum atomic E-state index is 12.1. The minimum Gasteiger partial charge on any atom is -0.493 e. The molecule has 2 aliphatic rings. The molecular weight excluding hydrogens is 348 g/mol. The molecule has 1 aliphatic carbocycles. The number of carbonyl (C=O) groups is 1. The molecule has 0 aromatic heterocycles. The summed E-state index contributed by atoms with van der Waals surface area (Å²) in [5.74, 6) is 1.17. The highest BCUT2D eigenvalue weighted by Crippen LogP contribution is 2.29. The summed E-state index contributed by atoms with van der Waals surface area (Å²) in [6, 6.07) is 14.7. The fourth-order valence-corrected chi connectivity index (χ4v) is 4.24. The number of hydrogen-bond acceptors (Lipinski definition) is 4. The van der Waals surface area contributed by atoms with Crippen molar-refractivity contribution in [2.45, 2.75) is 32.6 Å². The van der Waals surface area contributed by atoms with E-state index in [0.717, 1.165) is 68.9 Å². The van der Waals surface area contributed by atoms with Gasteiger partial charge in [-0.15, -0.1) is 0 Å². The summed E-state index contributed by atoms with van der Waals surface area (Å²) in [6.45, 7) is 8.27. The number of aryl methyl sites for hydroxylation is 1. The van der Waals surface area contributed by atoms with E-state index in [1.54, 1.807) is 0 Å². The van der Waals surface area contributed by atoms with E-state index in [4.69, 9.17) is 4.74 Å². The third-order valence-corrected chi connectivity index (χ3v) is 5.91. The van der Waals surface area contributed by atoms with Crippen molar-refractivity contribution >= 4 is 11.5 Å².